The molecule has 1 aromatic heterocycles. The SMILES string of the molecule is Cc1nn(C)c(C)c1NC(CC(C)C)c1ccccc1. The van der Waals surface area contributed by atoms with E-state index in [0.29, 0.717) is 12.0 Å². The second kappa shape index (κ2) is 6.12. The molecule has 20 heavy (non-hydrogen) atoms. The Hall–Kier alpha value is -1.77. The Balaban J connectivity index is 2.28. The molecule has 0 aliphatic carbocycles. The Morgan fingerprint density at radius 1 is 1.15 bits per heavy atom. The van der Waals surface area contributed by atoms with Crippen molar-refractivity contribution in [2.75, 3.05) is 5.32 Å². The van der Waals surface area contributed by atoms with Crippen molar-refractivity contribution >= 4 is 5.69 Å². The van der Waals surface area contributed by atoms with Crippen molar-refractivity contribution in [2.45, 2.75) is 40.2 Å². The van der Waals surface area contributed by atoms with Crippen molar-refractivity contribution in [3.8, 4) is 0 Å². The summed E-state index contributed by atoms with van der Waals surface area (Å²) >= 11 is 0. The zero-order chi connectivity index (χ0) is 14.7. The van der Waals surface area contributed by atoms with E-state index in [0.717, 1.165) is 12.1 Å². The van der Waals surface area contributed by atoms with Gasteiger partial charge in [0, 0.05) is 7.05 Å². The highest BCUT2D eigenvalue weighted by molar-refractivity contribution is 5.53. The molecule has 0 bridgehead atoms. The maximum absolute atomic E-state index is 4.49. The van der Waals surface area contributed by atoms with E-state index in [1.165, 1.54) is 16.9 Å². The van der Waals surface area contributed by atoms with Crippen molar-refractivity contribution in [3.63, 3.8) is 0 Å². The number of hydrogen-bond donors (Lipinski definition) is 1. The van der Waals surface area contributed by atoms with Crippen LogP contribution < -0.4 is 5.32 Å². The molecule has 0 aliphatic heterocycles. The average Bonchev–Trinajstić information content (AvgIpc) is 2.65. The zero-order valence-electron chi connectivity index (χ0n) is 13.1. The zero-order valence-corrected chi connectivity index (χ0v) is 13.1. The largest absolute Gasteiger partial charge is 0.375 e. The van der Waals surface area contributed by atoms with Crippen molar-refractivity contribution < 1.29 is 0 Å². The first-order chi connectivity index (χ1) is 9.49. The summed E-state index contributed by atoms with van der Waals surface area (Å²) in [5.41, 5.74) is 4.76. The van der Waals surface area contributed by atoms with Gasteiger partial charge < -0.3 is 5.32 Å². The van der Waals surface area contributed by atoms with Crippen LogP contribution in [0.4, 0.5) is 5.69 Å². The molecular formula is C17H25N3. The number of nitrogens with one attached hydrogen (secondary N) is 1. The average molecular weight is 271 g/mol. The summed E-state index contributed by atoms with van der Waals surface area (Å²) in [5.74, 6) is 0.644. The second-order valence-electron chi connectivity index (χ2n) is 5.91. The van der Waals surface area contributed by atoms with Crippen LogP contribution in [0.15, 0.2) is 30.3 Å². The lowest BCUT2D eigenvalue weighted by Crippen LogP contribution is -2.14. The number of benzene rings is 1. The fourth-order valence-corrected chi connectivity index (χ4v) is 2.59. The fraction of sp³-hybridized carbons (Fsp3) is 0.471. The predicted molar refractivity (Wildman–Crippen MR) is 84.9 cm³/mol. The molecule has 1 unspecified atom stereocenters. The van der Waals surface area contributed by atoms with Crippen LogP contribution in [0.1, 0.15) is 43.3 Å². The van der Waals surface area contributed by atoms with E-state index in [1.54, 1.807) is 0 Å². The van der Waals surface area contributed by atoms with Gasteiger partial charge in [-0.1, -0.05) is 44.2 Å². The van der Waals surface area contributed by atoms with E-state index < -0.39 is 0 Å². The van der Waals surface area contributed by atoms with E-state index in [-0.39, 0.29) is 0 Å². The quantitative estimate of drug-likeness (QED) is 0.881. The standard InChI is InChI=1S/C17H25N3/c1-12(2)11-16(15-9-7-6-8-10-15)18-17-13(3)19-20(5)14(17)4/h6-10,12,16,18H,11H2,1-5H3. The maximum atomic E-state index is 4.49. The summed E-state index contributed by atoms with van der Waals surface area (Å²) in [7, 11) is 1.99. The molecule has 108 valence electrons. The summed E-state index contributed by atoms with van der Waals surface area (Å²) in [6.45, 7) is 8.70. The lowest BCUT2D eigenvalue weighted by atomic mass is 9.96. The fourth-order valence-electron chi connectivity index (χ4n) is 2.59. The Kier molecular flexibility index (Phi) is 4.48. The van der Waals surface area contributed by atoms with Gasteiger partial charge in [-0.25, -0.2) is 0 Å². The minimum atomic E-state index is 0.331. The molecule has 0 saturated heterocycles. The van der Waals surface area contributed by atoms with Crippen LogP contribution in [0.3, 0.4) is 0 Å². The molecular weight excluding hydrogens is 246 g/mol. The van der Waals surface area contributed by atoms with Crippen molar-refractivity contribution in [1.82, 2.24) is 9.78 Å². The minimum absolute atomic E-state index is 0.331. The van der Waals surface area contributed by atoms with Crippen LogP contribution in [-0.2, 0) is 7.05 Å². The minimum Gasteiger partial charge on any atom is -0.375 e. The Morgan fingerprint density at radius 3 is 2.30 bits per heavy atom. The first-order valence-corrected chi connectivity index (χ1v) is 7.30. The summed E-state index contributed by atoms with van der Waals surface area (Å²) < 4.78 is 1.94. The Labute approximate surface area is 122 Å². The van der Waals surface area contributed by atoms with E-state index >= 15 is 0 Å². The van der Waals surface area contributed by atoms with Gasteiger partial charge in [-0.15, -0.1) is 0 Å². The van der Waals surface area contributed by atoms with Gasteiger partial charge in [0.2, 0.25) is 0 Å². The van der Waals surface area contributed by atoms with Crippen molar-refractivity contribution in [1.29, 1.82) is 0 Å². The van der Waals surface area contributed by atoms with Crippen LogP contribution >= 0.6 is 0 Å². The molecule has 0 fully saturated rings. The highest BCUT2D eigenvalue weighted by Crippen LogP contribution is 2.29. The summed E-state index contributed by atoms with van der Waals surface area (Å²) in [4.78, 5) is 0. The molecule has 0 aliphatic rings. The molecule has 3 heteroatoms. The number of anilines is 1. The van der Waals surface area contributed by atoms with Gasteiger partial charge >= 0.3 is 0 Å². The molecule has 1 aromatic carbocycles. The van der Waals surface area contributed by atoms with Crippen LogP contribution in [0, 0.1) is 19.8 Å². The molecule has 1 N–H and O–H groups in total. The molecule has 2 rings (SSSR count). The molecule has 0 amide bonds. The number of nitrogens with zero attached hydrogens (tertiary/aromatic N) is 2. The van der Waals surface area contributed by atoms with E-state index in [9.17, 15) is 0 Å². The van der Waals surface area contributed by atoms with Crippen molar-refractivity contribution in [3.05, 3.63) is 47.3 Å². The lowest BCUT2D eigenvalue weighted by molar-refractivity contribution is 0.530. The van der Waals surface area contributed by atoms with Gasteiger partial charge in [0.25, 0.3) is 0 Å². The van der Waals surface area contributed by atoms with Gasteiger partial charge in [0.15, 0.2) is 0 Å². The van der Waals surface area contributed by atoms with E-state index in [4.69, 9.17) is 0 Å². The number of hydrogen-bond acceptors (Lipinski definition) is 2. The lowest BCUT2D eigenvalue weighted by Gasteiger charge is -2.22. The number of rotatable bonds is 5. The highest BCUT2D eigenvalue weighted by Gasteiger charge is 2.17. The highest BCUT2D eigenvalue weighted by atomic mass is 15.3. The number of aromatic nitrogens is 2. The van der Waals surface area contributed by atoms with Gasteiger partial charge in [0.1, 0.15) is 0 Å². The Morgan fingerprint density at radius 2 is 1.80 bits per heavy atom. The summed E-state index contributed by atoms with van der Waals surface area (Å²) in [6.07, 6.45) is 1.11. The molecule has 0 saturated carbocycles. The molecule has 0 radical (unpaired) electrons. The molecule has 2 aromatic rings. The van der Waals surface area contributed by atoms with Crippen LogP contribution in [0.5, 0.6) is 0 Å². The van der Waals surface area contributed by atoms with Crippen LogP contribution in [-0.4, -0.2) is 9.78 Å². The third kappa shape index (κ3) is 3.21. The van der Waals surface area contributed by atoms with E-state index in [2.05, 4.69) is 68.4 Å². The van der Waals surface area contributed by atoms with Gasteiger partial charge in [-0.3, -0.25) is 4.68 Å². The maximum Gasteiger partial charge on any atom is 0.0828 e. The molecule has 0 spiro atoms. The first kappa shape index (κ1) is 14.6. The van der Waals surface area contributed by atoms with Crippen LogP contribution in [0.2, 0.25) is 0 Å². The molecule has 1 atom stereocenters. The third-order valence-corrected chi connectivity index (χ3v) is 3.74. The van der Waals surface area contributed by atoms with Gasteiger partial charge in [-0.2, -0.15) is 5.10 Å². The van der Waals surface area contributed by atoms with Crippen LogP contribution in [0.25, 0.3) is 0 Å². The topological polar surface area (TPSA) is 29.9 Å². The van der Waals surface area contributed by atoms with Crippen molar-refractivity contribution in [2.24, 2.45) is 13.0 Å². The van der Waals surface area contributed by atoms with Gasteiger partial charge in [0.05, 0.1) is 23.1 Å². The second-order valence-corrected chi connectivity index (χ2v) is 5.91. The summed E-state index contributed by atoms with van der Waals surface area (Å²) in [5, 5.41) is 8.19. The number of aryl methyl sites for hydroxylation is 2. The first-order valence-electron chi connectivity index (χ1n) is 7.30. The van der Waals surface area contributed by atoms with Gasteiger partial charge in [-0.05, 0) is 31.7 Å². The summed E-state index contributed by atoms with van der Waals surface area (Å²) in [6, 6.07) is 11.0. The predicted octanol–water partition coefficient (Wildman–Crippen LogP) is 4.24. The Bertz CT molecular complexity index is 555. The van der Waals surface area contributed by atoms with E-state index in [1.807, 2.05) is 11.7 Å². The third-order valence-electron chi connectivity index (χ3n) is 3.74. The normalized spacial score (nSPS) is 12.7. The molecule has 3 nitrogen and oxygen atoms in total. The smallest absolute Gasteiger partial charge is 0.0828 e. The monoisotopic (exact) mass is 271 g/mol. The molecule has 1 heterocycles.